The van der Waals surface area contributed by atoms with E-state index >= 15 is 0 Å². The fraction of sp³-hybridized carbons (Fsp3) is 0.893. The van der Waals surface area contributed by atoms with Crippen molar-refractivity contribution in [1.29, 1.82) is 0 Å². The molecule has 12 heteroatoms. The Hall–Kier alpha value is -1.52. The number of rotatable bonds is 28. The van der Waals surface area contributed by atoms with Gasteiger partial charge in [0.25, 0.3) is 0 Å². The summed E-state index contributed by atoms with van der Waals surface area (Å²) in [6.07, 6.45) is 16.6. The molecule has 236 valence electrons. The van der Waals surface area contributed by atoms with Crippen LogP contribution in [0.1, 0.15) is 129 Å². The number of phosphoric acid groups is 1. The lowest BCUT2D eigenvalue weighted by Gasteiger charge is -2.20. The van der Waals surface area contributed by atoms with Crippen LogP contribution in [0.2, 0.25) is 0 Å². The predicted octanol–water partition coefficient (Wildman–Crippen LogP) is 6.05. The average Bonchev–Trinajstić information content (AvgIpc) is 2.91. The molecular formula is C28H54NO10P. The number of carbonyl (C=O) groups excluding carboxylic acids is 2. The maximum atomic E-state index is 12.4. The molecule has 0 fully saturated rings. The SMILES string of the molecule is CCCCCCCCCCCCC(=O)OC(COC(=O)CCCCCCCC)COP(=O)(O)OCC(N)C(=O)O. The van der Waals surface area contributed by atoms with E-state index in [0.29, 0.717) is 12.8 Å². The number of nitrogens with two attached hydrogens (primary N) is 1. The Morgan fingerprint density at radius 3 is 1.57 bits per heavy atom. The van der Waals surface area contributed by atoms with E-state index in [1.165, 1.54) is 38.5 Å². The molecule has 0 radical (unpaired) electrons. The van der Waals surface area contributed by atoms with E-state index in [1.54, 1.807) is 0 Å². The number of carbonyl (C=O) groups is 3. The van der Waals surface area contributed by atoms with Gasteiger partial charge < -0.3 is 25.2 Å². The molecular weight excluding hydrogens is 541 g/mol. The van der Waals surface area contributed by atoms with Gasteiger partial charge >= 0.3 is 25.7 Å². The summed E-state index contributed by atoms with van der Waals surface area (Å²) in [5, 5.41) is 8.78. The number of hydrogen-bond acceptors (Lipinski definition) is 9. The summed E-state index contributed by atoms with van der Waals surface area (Å²) < 4.78 is 32.2. The lowest BCUT2D eigenvalue weighted by molar-refractivity contribution is -0.161. The Labute approximate surface area is 240 Å². The van der Waals surface area contributed by atoms with Crippen LogP contribution in [0.4, 0.5) is 0 Å². The number of carboxylic acid groups (broad SMARTS) is 1. The third kappa shape index (κ3) is 24.3. The molecule has 0 spiro atoms. The highest BCUT2D eigenvalue weighted by Gasteiger charge is 2.28. The Morgan fingerprint density at radius 2 is 1.10 bits per heavy atom. The zero-order chi connectivity index (χ0) is 30.1. The molecule has 0 aliphatic carbocycles. The maximum Gasteiger partial charge on any atom is 0.472 e. The van der Waals surface area contributed by atoms with Crippen molar-refractivity contribution in [3.05, 3.63) is 0 Å². The van der Waals surface area contributed by atoms with Crippen LogP contribution in [0.5, 0.6) is 0 Å². The highest BCUT2D eigenvalue weighted by molar-refractivity contribution is 7.47. The van der Waals surface area contributed by atoms with E-state index in [0.717, 1.165) is 51.4 Å². The number of esters is 2. The smallest absolute Gasteiger partial charge is 0.472 e. The second kappa shape index (κ2) is 25.2. The van der Waals surface area contributed by atoms with E-state index in [2.05, 4.69) is 18.4 Å². The summed E-state index contributed by atoms with van der Waals surface area (Å²) in [4.78, 5) is 45.1. The fourth-order valence-electron chi connectivity index (χ4n) is 3.89. The maximum absolute atomic E-state index is 12.4. The summed E-state index contributed by atoms with van der Waals surface area (Å²) in [7, 11) is -4.68. The summed E-state index contributed by atoms with van der Waals surface area (Å²) in [6.45, 7) is 2.66. The van der Waals surface area contributed by atoms with Crippen LogP contribution in [0.3, 0.4) is 0 Å². The van der Waals surface area contributed by atoms with Crippen molar-refractivity contribution in [3.8, 4) is 0 Å². The normalized spacial score (nSPS) is 14.3. The zero-order valence-corrected chi connectivity index (χ0v) is 25.6. The van der Waals surface area contributed by atoms with Crippen LogP contribution in [-0.4, -0.2) is 59.9 Å². The first-order valence-corrected chi connectivity index (χ1v) is 16.6. The highest BCUT2D eigenvalue weighted by Crippen LogP contribution is 2.43. The van der Waals surface area contributed by atoms with E-state index < -0.39 is 51.1 Å². The minimum Gasteiger partial charge on any atom is -0.480 e. The van der Waals surface area contributed by atoms with E-state index in [4.69, 9.17) is 24.8 Å². The summed E-state index contributed by atoms with van der Waals surface area (Å²) in [5.74, 6) is -2.39. The lowest BCUT2D eigenvalue weighted by atomic mass is 10.1. The second-order valence-electron chi connectivity index (χ2n) is 10.2. The molecule has 40 heavy (non-hydrogen) atoms. The third-order valence-corrected chi connectivity index (χ3v) is 7.31. The van der Waals surface area contributed by atoms with Gasteiger partial charge in [-0.2, -0.15) is 0 Å². The van der Waals surface area contributed by atoms with Crippen molar-refractivity contribution in [3.63, 3.8) is 0 Å². The van der Waals surface area contributed by atoms with Crippen LogP contribution in [0.15, 0.2) is 0 Å². The number of carboxylic acids is 1. The number of ether oxygens (including phenoxy) is 2. The van der Waals surface area contributed by atoms with Gasteiger partial charge in [0.05, 0.1) is 13.2 Å². The van der Waals surface area contributed by atoms with Crippen molar-refractivity contribution < 1.29 is 47.5 Å². The van der Waals surface area contributed by atoms with Crippen molar-refractivity contribution >= 4 is 25.7 Å². The van der Waals surface area contributed by atoms with Crippen molar-refractivity contribution in [1.82, 2.24) is 0 Å². The van der Waals surface area contributed by atoms with Gasteiger partial charge in [-0.1, -0.05) is 104 Å². The van der Waals surface area contributed by atoms with Gasteiger partial charge in [-0.25, -0.2) is 4.57 Å². The Kier molecular flexibility index (Phi) is 24.3. The van der Waals surface area contributed by atoms with E-state index in [1.807, 2.05) is 0 Å². The summed E-state index contributed by atoms with van der Waals surface area (Å²) in [6, 6.07) is -1.51. The number of phosphoric ester groups is 1. The number of aliphatic carboxylic acids is 1. The van der Waals surface area contributed by atoms with Crippen LogP contribution >= 0.6 is 7.82 Å². The highest BCUT2D eigenvalue weighted by atomic mass is 31.2. The van der Waals surface area contributed by atoms with Gasteiger partial charge in [0.1, 0.15) is 12.6 Å². The number of hydrogen-bond donors (Lipinski definition) is 3. The Bertz CT molecular complexity index is 721. The molecule has 0 saturated carbocycles. The Morgan fingerprint density at radius 1 is 0.675 bits per heavy atom. The quantitative estimate of drug-likeness (QED) is 0.0546. The molecule has 0 aliphatic rings. The first-order chi connectivity index (χ1) is 19.1. The fourth-order valence-corrected chi connectivity index (χ4v) is 4.66. The van der Waals surface area contributed by atoms with Crippen molar-refractivity contribution in [2.24, 2.45) is 5.73 Å². The molecule has 0 rings (SSSR count). The first-order valence-electron chi connectivity index (χ1n) is 15.1. The minimum atomic E-state index is -4.68. The molecule has 0 aromatic carbocycles. The molecule has 3 atom stereocenters. The second-order valence-corrected chi connectivity index (χ2v) is 11.7. The minimum absolute atomic E-state index is 0.166. The molecule has 0 heterocycles. The van der Waals surface area contributed by atoms with Gasteiger partial charge in [0.15, 0.2) is 6.10 Å². The molecule has 0 amide bonds. The molecule has 11 nitrogen and oxygen atoms in total. The molecule has 3 unspecified atom stereocenters. The van der Waals surface area contributed by atoms with Gasteiger partial charge in [-0.05, 0) is 12.8 Å². The van der Waals surface area contributed by atoms with Crippen LogP contribution in [0, 0.1) is 0 Å². The molecule has 0 saturated heterocycles. The standard InChI is InChI=1S/C28H54NO10P/c1-3-5-7-9-11-12-13-14-16-18-20-27(31)39-24(21-36-26(30)19-17-15-10-8-6-4-2)22-37-40(34,35)38-23-25(29)28(32)33/h24-25H,3-23,29H2,1-2H3,(H,32,33)(H,34,35). The summed E-state index contributed by atoms with van der Waals surface area (Å²) >= 11 is 0. The van der Waals surface area contributed by atoms with Crippen molar-refractivity contribution in [2.45, 2.75) is 142 Å². The monoisotopic (exact) mass is 595 g/mol. The molecule has 0 aromatic rings. The molecule has 0 aliphatic heterocycles. The van der Waals surface area contributed by atoms with Crippen molar-refractivity contribution in [2.75, 3.05) is 19.8 Å². The molecule has 0 aromatic heterocycles. The average molecular weight is 596 g/mol. The van der Waals surface area contributed by atoms with Gasteiger partial charge in [0, 0.05) is 12.8 Å². The topological polar surface area (TPSA) is 172 Å². The molecule has 4 N–H and O–H groups in total. The summed E-state index contributed by atoms with van der Waals surface area (Å²) in [5.41, 5.74) is 5.27. The third-order valence-electron chi connectivity index (χ3n) is 6.36. The van der Waals surface area contributed by atoms with Crippen LogP contribution in [0.25, 0.3) is 0 Å². The van der Waals surface area contributed by atoms with Gasteiger partial charge in [0.2, 0.25) is 0 Å². The van der Waals surface area contributed by atoms with E-state index in [9.17, 15) is 23.8 Å². The van der Waals surface area contributed by atoms with E-state index in [-0.39, 0.29) is 19.4 Å². The van der Waals surface area contributed by atoms with Gasteiger partial charge in [-0.15, -0.1) is 0 Å². The predicted molar refractivity (Wildman–Crippen MR) is 153 cm³/mol. The largest absolute Gasteiger partial charge is 0.480 e. The zero-order valence-electron chi connectivity index (χ0n) is 24.7. The van der Waals surface area contributed by atoms with Crippen LogP contribution in [-0.2, 0) is 37.5 Å². The van der Waals surface area contributed by atoms with Crippen LogP contribution < -0.4 is 5.73 Å². The number of unbranched alkanes of at least 4 members (excludes halogenated alkanes) is 14. The Balaban J connectivity index is 4.55. The lowest BCUT2D eigenvalue weighted by Crippen LogP contribution is -2.34. The van der Waals surface area contributed by atoms with Gasteiger partial charge in [-0.3, -0.25) is 23.4 Å². The first kappa shape index (κ1) is 38.5. The molecule has 0 bridgehead atoms.